The van der Waals surface area contributed by atoms with E-state index >= 15 is 0 Å². The lowest BCUT2D eigenvalue weighted by Gasteiger charge is -2.41. The Morgan fingerprint density at radius 3 is 2.62 bits per heavy atom. The number of nitrogens with one attached hydrogen (secondary N) is 1. The van der Waals surface area contributed by atoms with Gasteiger partial charge in [0.2, 0.25) is 5.91 Å². The molecule has 26 heavy (non-hydrogen) atoms. The predicted molar refractivity (Wildman–Crippen MR) is 95.9 cm³/mol. The Hall–Kier alpha value is -3.22. The van der Waals surface area contributed by atoms with Gasteiger partial charge < -0.3 is 10.1 Å². The minimum absolute atomic E-state index is 0.263. The maximum absolute atomic E-state index is 12.8. The molecule has 1 aromatic heterocycles. The van der Waals surface area contributed by atoms with Crippen LogP contribution in [0.25, 0.3) is 0 Å². The molecule has 0 bridgehead atoms. The van der Waals surface area contributed by atoms with Gasteiger partial charge in [-0.15, -0.1) is 0 Å². The Balaban J connectivity index is 1.79. The van der Waals surface area contributed by atoms with Crippen molar-refractivity contribution in [2.75, 3.05) is 16.8 Å². The standard InChI is InChI=1S/C19H19N3O4/c1-12-8-9-13(10-20-12)17(24)26-11-16(23)22-15-7-5-4-6-14(15)21-18(25)19(22,2)3/h4-10H,11H2,1-3H3,(H,21,25). The molecule has 0 spiro atoms. The van der Waals surface area contributed by atoms with Crippen molar-refractivity contribution in [2.24, 2.45) is 0 Å². The number of carbonyl (C=O) groups is 3. The molecule has 1 aromatic carbocycles. The highest BCUT2D eigenvalue weighted by atomic mass is 16.5. The smallest absolute Gasteiger partial charge is 0.340 e. The van der Waals surface area contributed by atoms with E-state index in [9.17, 15) is 14.4 Å². The molecule has 0 aliphatic carbocycles. The van der Waals surface area contributed by atoms with Crippen LogP contribution in [0, 0.1) is 6.92 Å². The molecule has 2 aromatic rings. The summed E-state index contributed by atoms with van der Waals surface area (Å²) in [4.78, 5) is 42.6. The Labute approximate surface area is 151 Å². The number of nitrogens with zero attached hydrogens (tertiary/aromatic N) is 2. The highest BCUT2D eigenvalue weighted by Gasteiger charge is 2.43. The number of ether oxygens (including phenoxy) is 1. The zero-order valence-electron chi connectivity index (χ0n) is 14.8. The first-order valence-corrected chi connectivity index (χ1v) is 8.14. The van der Waals surface area contributed by atoms with Gasteiger partial charge in [0.25, 0.3) is 5.91 Å². The summed E-state index contributed by atoms with van der Waals surface area (Å²) in [6, 6.07) is 10.3. The highest BCUT2D eigenvalue weighted by molar-refractivity contribution is 6.14. The van der Waals surface area contributed by atoms with E-state index in [1.54, 1.807) is 57.2 Å². The summed E-state index contributed by atoms with van der Waals surface area (Å²) in [7, 11) is 0. The van der Waals surface area contributed by atoms with E-state index in [1.165, 1.54) is 11.1 Å². The lowest BCUT2D eigenvalue weighted by Crippen LogP contribution is -2.59. The number of aryl methyl sites for hydroxylation is 1. The topological polar surface area (TPSA) is 88.6 Å². The van der Waals surface area contributed by atoms with E-state index in [1.807, 2.05) is 0 Å². The van der Waals surface area contributed by atoms with Crippen molar-refractivity contribution in [2.45, 2.75) is 26.3 Å². The van der Waals surface area contributed by atoms with Gasteiger partial charge in [0.05, 0.1) is 16.9 Å². The van der Waals surface area contributed by atoms with Crippen LogP contribution < -0.4 is 10.2 Å². The maximum Gasteiger partial charge on any atom is 0.340 e. The first-order chi connectivity index (χ1) is 12.3. The predicted octanol–water partition coefficient (Wildman–Crippen LogP) is 2.31. The quantitative estimate of drug-likeness (QED) is 0.856. The maximum atomic E-state index is 12.8. The molecule has 134 valence electrons. The third kappa shape index (κ3) is 3.15. The van der Waals surface area contributed by atoms with E-state index in [2.05, 4.69) is 10.3 Å². The average Bonchev–Trinajstić information content (AvgIpc) is 2.61. The van der Waals surface area contributed by atoms with Gasteiger partial charge >= 0.3 is 5.97 Å². The van der Waals surface area contributed by atoms with Crippen molar-refractivity contribution >= 4 is 29.2 Å². The van der Waals surface area contributed by atoms with Gasteiger partial charge in [-0.1, -0.05) is 12.1 Å². The molecule has 0 radical (unpaired) electrons. The number of fused-ring (bicyclic) bond motifs is 1. The number of anilines is 2. The van der Waals surface area contributed by atoms with Gasteiger partial charge in [-0.05, 0) is 45.0 Å². The molecule has 1 aliphatic rings. The molecule has 1 aliphatic heterocycles. The number of para-hydroxylation sites is 2. The van der Waals surface area contributed by atoms with Crippen molar-refractivity contribution < 1.29 is 19.1 Å². The molecule has 7 heteroatoms. The van der Waals surface area contributed by atoms with Gasteiger partial charge in [0, 0.05) is 11.9 Å². The van der Waals surface area contributed by atoms with Crippen molar-refractivity contribution in [1.82, 2.24) is 4.98 Å². The van der Waals surface area contributed by atoms with E-state index in [0.29, 0.717) is 11.4 Å². The molecule has 0 unspecified atom stereocenters. The van der Waals surface area contributed by atoms with Crippen LogP contribution in [0.1, 0.15) is 29.9 Å². The van der Waals surface area contributed by atoms with E-state index in [-0.39, 0.29) is 11.5 Å². The second kappa shape index (κ2) is 6.59. The normalized spacial score (nSPS) is 15.0. The van der Waals surface area contributed by atoms with Gasteiger partial charge in [0.15, 0.2) is 6.61 Å². The van der Waals surface area contributed by atoms with Crippen LogP contribution in [0.3, 0.4) is 0 Å². The largest absolute Gasteiger partial charge is 0.452 e. The fraction of sp³-hybridized carbons (Fsp3) is 0.263. The van der Waals surface area contributed by atoms with Crippen molar-refractivity contribution in [3.8, 4) is 0 Å². The molecule has 1 N–H and O–H groups in total. The number of carbonyl (C=O) groups excluding carboxylic acids is 3. The monoisotopic (exact) mass is 353 g/mol. The molecular weight excluding hydrogens is 334 g/mol. The SMILES string of the molecule is Cc1ccc(C(=O)OCC(=O)N2c3ccccc3NC(=O)C2(C)C)cn1. The average molecular weight is 353 g/mol. The van der Waals surface area contributed by atoms with Crippen LogP contribution in [0.2, 0.25) is 0 Å². The first-order valence-electron chi connectivity index (χ1n) is 8.14. The molecule has 3 rings (SSSR count). The molecule has 2 heterocycles. The summed E-state index contributed by atoms with van der Waals surface area (Å²) in [6.07, 6.45) is 1.40. The Morgan fingerprint density at radius 1 is 1.19 bits per heavy atom. The van der Waals surface area contributed by atoms with Crippen LogP contribution in [-0.2, 0) is 14.3 Å². The number of pyridine rings is 1. The van der Waals surface area contributed by atoms with Crippen LogP contribution in [0.5, 0.6) is 0 Å². The fourth-order valence-electron chi connectivity index (χ4n) is 2.76. The van der Waals surface area contributed by atoms with Crippen molar-refractivity contribution in [1.29, 1.82) is 0 Å². The Kier molecular flexibility index (Phi) is 4.46. The lowest BCUT2D eigenvalue weighted by atomic mass is 9.96. The zero-order valence-corrected chi connectivity index (χ0v) is 14.8. The van der Waals surface area contributed by atoms with E-state index < -0.39 is 24.0 Å². The second-order valence-corrected chi connectivity index (χ2v) is 6.52. The lowest BCUT2D eigenvalue weighted by molar-refractivity contribution is -0.128. The van der Waals surface area contributed by atoms with Crippen LogP contribution >= 0.6 is 0 Å². The molecule has 7 nitrogen and oxygen atoms in total. The first kappa shape index (κ1) is 17.6. The van der Waals surface area contributed by atoms with Crippen LogP contribution in [-0.4, -0.2) is 34.9 Å². The van der Waals surface area contributed by atoms with Crippen LogP contribution in [0.15, 0.2) is 42.6 Å². The number of hydrogen-bond acceptors (Lipinski definition) is 5. The van der Waals surface area contributed by atoms with Gasteiger partial charge in [-0.25, -0.2) is 4.79 Å². The fourth-order valence-corrected chi connectivity index (χ4v) is 2.76. The number of amides is 2. The number of hydrogen-bond donors (Lipinski definition) is 1. The van der Waals surface area contributed by atoms with E-state index in [4.69, 9.17) is 4.74 Å². The summed E-state index contributed by atoms with van der Waals surface area (Å²) in [5, 5.41) is 2.78. The number of esters is 1. The number of benzene rings is 1. The summed E-state index contributed by atoms with van der Waals surface area (Å²) in [6.45, 7) is 4.61. The molecule has 0 atom stereocenters. The number of rotatable bonds is 3. The van der Waals surface area contributed by atoms with Crippen molar-refractivity contribution in [3.05, 3.63) is 53.9 Å². The van der Waals surface area contributed by atoms with Gasteiger partial charge in [-0.3, -0.25) is 19.5 Å². The molecule has 2 amide bonds. The summed E-state index contributed by atoms with van der Waals surface area (Å²) < 4.78 is 5.12. The molecule has 0 saturated heterocycles. The van der Waals surface area contributed by atoms with Crippen molar-refractivity contribution in [3.63, 3.8) is 0 Å². The van der Waals surface area contributed by atoms with E-state index in [0.717, 1.165) is 5.69 Å². The Bertz CT molecular complexity index is 875. The van der Waals surface area contributed by atoms with Gasteiger partial charge in [-0.2, -0.15) is 0 Å². The highest BCUT2D eigenvalue weighted by Crippen LogP contribution is 2.36. The molecule has 0 saturated carbocycles. The number of aromatic nitrogens is 1. The molecular formula is C19H19N3O4. The van der Waals surface area contributed by atoms with Gasteiger partial charge in [0.1, 0.15) is 5.54 Å². The minimum atomic E-state index is -1.11. The third-order valence-corrected chi connectivity index (χ3v) is 4.23. The van der Waals surface area contributed by atoms with Crippen LogP contribution in [0.4, 0.5) is 11.4 Å². The summed E-state index contributed by atoms with van der Waals surface area (Å²) in [5.74, 6) is -1.43. The second-order valence-electron chi connectivity index (χ2n) is 6.52. The summed E-state index contributed by atoms with van der Waals surface area (Å²) >= 11 is 0. The Morgan fingerprint density at radius 2 is 1.92 bits per heavy atom. The minimum Gasteiger partial charge on any atom is -0.452 e. The summed E-state index contributed by atoms with van der Waals surface area (Å²) in [5.41, 5.74) is 1.03. The molecule has 0 fully saturated rings. The third-order valence-electron chi connectivity index (χ3n) is 4.23. The zero-order chi connectivity index (χ0) is 18.9.